The molecule has 6 heteroatoms. The van der Waals surface area contributed by atoms with Crippen molar-refractivity contribution in [1.29, 1.82) is 5.26 Å². The lowest BCUT2D eigenvalue weighted by molar-refractivity contribution is -0.717. The summed E-state index contributed by atoms with van der Waals surface area (Å²) in [5, 5.41) is 12.7. The maximum atomic E-state index is 12.7. The van der Waals surface area contributed by atoms with Crippen LogP contribution in [0.25, 0.3) is 0 Å². The molecule has 1 aliphatic heterocycles. The highest BCUT2D eigenvalue weighted by Gasteiger charge is 2.45. The summed E-state index contributed by atoms with van der Waals surface area (Å²) in [6.45, 7) is 1.94. The van der Waals surface area contributed by atoms with Crippen LogP contribution in [0, 0.1) is 18.3 Å². The minimum atomic E-state index is -0.544. The summed E-state index contributed by atoms with van der Waals surface area (Å²) in [7, 11) is 0. The van der Waals surface area contributed by atoms with E-state index in [-0.39, 0.29) is 5.91 Å². The van der Waals surface area contributed by atoms with E-state index in [0.717, 1.165) is 15.7 Å². The number of benzene rings is 1. The third-order valence-corrected chi connectivity index (χ3v) is 5.03. The Morgan fingerprint density at radius 3 is 2.58 bits per heavy atom. The minimum Gasteiger partial charge on any atom is -0.314 e. The molecule has 1 aromatic heterocycles. The molecule has 0 saturated carbocycles. The number of nitrogens with one attached hydrogen (secondary N) is 1. The molecule has 1 aliphatic rings. The lowest BCUT2D eigenvalue weighted by atomic mass is 9.82. The Hall–Kier alpha value is -2.10. The van der Waals surface area contributed by atoms with Crippen molar-refractivity contribution in [3.05, 3.63) is 75.0 Å². The van der Waals surface area contributed by atoms with Gasteiger partial charge in [-0.3, -0.25) is 4.79 Å². The number of nitrogens with zero attached hydrogens (tertiary/aromatic N) is 2. The topological polar surface area (TPSA) is 56.8 Å². The Morgan fingerprint density at radius 2 is 1.96 bits per heavy atom. The zero-order chi connectivity index (χ0) is 17.3. The zero-order valence-electron chi connectivity index (χ0n) is 12.9. The van der Waals surface area contributed by atoms with Crippen molar-refractivity contribution in [2.45, 2.75) is 18.9 Å². The van der Waals surface area contributed by atoms with Crippen molar-refractivity contribution in [2.24, 2.45) is 0 Å². The minimum absolute atomic E-state index is 0.175. The first-order valence-electron chi connectivity index (χ1n) is 7.39. The summed E-state index contributed by atoms with van der Waals surface area (Å²) in [6.07, 6.45) is 1.87. The molecule has 24 heavy (non-hydrogen) atoms. The van der Waals surface area contributed by atoms with E-state index in [0.29, 0.717) is 10.6 Å². The number of pyridine rings is 1. The van der Waals surface area contributed by atoms with Gasteiger partial charge in [0.05, 0.1) is 22.6 Å². The van der Waals surface area contributed by atoms with E-state index in [1.54, 1.807) is 0 Å². The summed E-state index contributed by atoms with van der Waals surface area (Å²) >= 11 is 7.73. The second-order valence-electron chi connectivity index (χ2n) is 5.59. The van der Waals surface area contributed by atoms with Crippen LogP contribution in [0.15, 0.2) is 63.7 Å². The lowest BCUT2D eigenvalue weighted by Crippen LogP contribution is -2.54. The van der Waals surface area contributed by atoms with Crippen LogP contribution in [0.1, 0.15) is 23.2 Å². The number of carbonyl (C=O) groups excluding carboxylic acids is 1. The average molecular weight is 401 g/mol. The third kappa shape index (κ3) is 2.97. The third-order valence-electron chi connectivity index (χ3n) is 4.14. The molecule has 3 rings (SSSR count). The summed E-state index contributed by atoms with van der Waals surface area (Å²) < 4.78 is 2.85. The van der Waals surface area contributed by atoms with Crippen LogP contribution < -0.4 is 9.88 Å². The maximum absolute atomic E-state index is 12.7. The number of amides is 1. The van der Waals surface area contributed by atoms with Gasteiger partial charge in [0.25, 0.3) is 5.91 Å². The molecule has 2 aromatic rings. The fourth-order valence-electron chi connectivity index (χ4n) is 3.00. The number of allylic oxidation sites excluding steroid dienone is 1. The van der Waals surface area contributed by atoms with Gasteiger partial charge in [0.2, 0.25) is 6.04 Å². The van der Waals surface area contributed by atoms with Crippen LogP contribution >= 0.6 is 28.6 Å². The molecule has 2 unspecified atom stereocenters. The van der Waals surface area contributed by atoms with E-state index < -0.39 is 12.0 Å². The van der Waals surface area contributed by atoms with Gasteiger partial charge in [0.1, 0.15) is 0 Å². The number of rotatable bonds is 2. The number of aromatic nitrogens is 1. The van der Waals surface area contributed by atoms with Gasteiger partial charge >= 0.3 is 0 Å². The van der Waals surface area contributed by atoms with Crippen LogP contribution in [0.3, 0.4) is 0 Å². The number of thiol groups is 1. The van der Waals surface area contributed by atoms with E-state index in [1.165, 1.54) is 0 Å². The number of aryl methyl sites for hydroxylation is 1. The molecule has 0 saturated heterocycles. The first kappa shape index (κ1) is 16.7. The van der Waals surface area contributed by atoms with Gasteiger partial charge in [0.15, 0.2) is 11.9 Å². The summed E-state index contributed by atoms with van der Waals surface area (Å²) in [5.74, 6) is -0.568. The molecule has 4 nitrogen and oxygen atoms in total. The Morgan fingerprint density at radius 1 is 1.25 bits per heavy atom. The average Bonchev–Trinajstić information content (AvgIpc) is 2.56. The first-order chi connectivity index (χ1) is 11.5. The SMILES string of the molecule is Cc1cccc[n+]1C1C(=O)NC(S)=C(C#N)C1c1ccc(Br)cc1. The molecule has 1 amide bonds. The second-order valence-corrected chi connectivity index (χ2v) is 6.95. The van der Waals surface area contributed by atoms with Crippen LogP contribution in [-0.2, 0) is 4.79 Å². The highest BCUT2D eigenvalue weighted by Crippen LogP contribution is 2.38. The lowest BCUT2D eigenvalue weighted by Gasteiger charge is -2.28. The van der Waals surface area contributed by atoms with Gasteiger partial charge in [-0.1, -0.05) is 34.1 Å². The van der Waals surface area contributed by atoms with Crippen LogP contribution in [0.2, 0.25) is 0 Å². The van der Waals surface area contributed by atoms with Gasteiger partial charge in [0, 0.05) is 23.5 Å². The van der Waals surface area contributed by atoms with Crippen molar-refractivity contribution in [2.75, 3.05) is 0 Å². The molecule has 2 heterocycles. The zero-order valence-corrected chi connectivity index (χ0v) is 15.4. The molecule has 1 aromatic carbocycles. The number of carbonyl (C=O) groups is 1. The van der Waals surface area contributed by atoms with Crippen LogP contribution in [0.4, 0.5) is 0 Å². The van der Waals surface area contributed by atoms with Gasteiger partial charge in [-0.15, -0.1) is 12.6 Å². The molecule has 0 fully saturated rings. The quantitative estimate of drug-likeness (QED) is 0.600. The molecular formula is C18H15BrN3OS+. The van der Waals surface area contributed by atoms with Crippen LogP contribution in [0.5, 0.6) is 0 Å². The predicted octanol–water partition coefficient (Wildman–Crippen LogP) is 3.16. The fourth-order valence-corrected chi connectivity index (χ4v) is 3.56. The van der Waals surface area contributed by atoms with E-state index in [9.17, 15) is 10.1 Å². The Labute approximate surface area is 154 Å². The van der Waals surface area contributed by atoms with Crippen molar-refractivity contribution in [3.63, 3.8) is 0 Å². The van der Waals surface area contributed by atoms with Crippen molar-refractivity contribution in [1.82, 2.24) is 5.32 Å². The Bertz CT molecular complexity index is 871. The van der Waals surface area contributed by atoms with E-state index >= 15 is 0 Å². The monoisotopic (exact) mass is 400 g/mol. The summed E-state index contributed by atoms with van der Waals surface area (Å²) in [5.41, 5.74) is 2.30. The van der Waals surface area contributed by atoms with Crippen molar-refractivity contribution in [3.8, 4) is 6.07 Å². The molecule has 120 valence electrons. The molecule has 0 radical (unpaired) electrons. The van der Waals surface area contributed by atoms with Gasteiger partial charge in [-0.2, -0.15) is 9.83 Å². The smallest absolute Gasteiger partial charge is 0.294 e. The van der Waals surface area contributed by atoms with Crippen LogP contribution in [-0.4, -0.2) is 5.91 Å². The Kier molecular flexibility index (Phi) is 4.74. The first-order valence-corrected chi connectivity index (χ1v) is 8.63. The molecule has 0 spiro atoms. The number of hydrogen-bond acceptors (Lipinski definition) is 3. The molecular weight excluding hydrogens is 386 g/mol. The van der Waals surface area contributed by atoms with Gasteiger partial charge in [-0.25, -0.2) is 0 Å². The fraction of sp³-hybridized carbons (Fsp3) is 0.167. The summed E-state index contributed by atoms with van der Waals surface area (Å²) in [6, 6.07) is 15.1. The largest absolute Gasteiger partial charge is 0.314 e. The number of hydrogen-bond donors (Lipinski definition) is 2. The van der Waals surface area contributed by atoms with E-state index in [1.807, 2.05) is 60.2 Å². The number of halogens is 1. The molecule has 2 atom stereocenters. The summed E-state index contributed by atoms with van der Waals surface area (Å²) in [4.78, 5) is 12.7. The normalized spacial score (nSPS) is 20.5. The number of nitriles is 1. The van der Waals surface area contributed by atoms with Crippen molar-refractivity contribution < 1.29 is 9.36 Å². The highest BCUT2D eigenvalue weighted by atomic mass is 79.9. The van der Waals surface area contributed by atoms with E-state index in [2.05, 4.69) is 39.9 Å². The maximum Gasteiger partial charge on any atom is 0.294 e. The van der Waals surface area contributed by atoms with Gasteiger partial charge in [-0.05, 0) is 17.7 Å². The predicted molar refractivity (Wildman–Crippen MR) is 97.1 cm³/mol. The second kappa shape index (κ2) is 6.80. The molecule has 0 bridgehead atoms. The Balaban J connectivity index is 2.22. The van der Waals surface area contributed by atoms with E-state index in [4.69, 9.17) is 0 Å². The highest BCUT2D eigenvalue weighted by molar-refractivity contribution is 9.10. The standard InChI is InChI=1S/C18H14BrN3OS/c1-11-4-2-3-9-22(11)16-15(12-5-7-13(19)8-6-12)14(10-20)18(24)21-17(16)23/h2-9,15-16H,1H3,(H-,21,23,24)/p+1. The molecule has 0 aliphatic carbocycles. The van der Waals surface area contributed by atoms with Gasteiger partial charge < -0.3 is 5.32 Å². The molecule has 1 N–H and O–H groups in total. The van der Waals surface area contributed by atoms with Crippen molar-refractivity contribution >= 4 is 34.5 Å².